The van der Waals surface area contributed by atoms with E-state index >= 15 is 0 Å². The van der Waals surface area contributed by atoms with Gasteiger partial charge in [0, 0.05) is 0 Å². The van der Waals surface area contributed by atoms with Gasteiger partial charge in [-0.1, -0.05) is 0 Å². The lowest BCUT2D eigenvalue weighted by atomic mass is 10.1. The van der Waals surface area contributed by atoms with Crippen molar-refractivity contribution in [3.05, 3.63) is 21.5 Å². The van der Waals surface area contributed by atoms with E-state index in [1.165, 1.54) is 0 Å². The van der Waals surface area contributed by atoms with Gasteiger partial charge in [-0.25, -0.2) is 0 Å². The van der Waals surface area contributed by atoms with Crippen LogP contribution in [0.5, 0.6) is 0 Å². The molecule has 0 unspecified atom stereocenters. The van der Waals surface area contributed by atoms with Gasteiger partial charge < -0.3 is 4.98 Å². The maximum Gasteiger partial charge on any atom is 0.264 e. The van der Waals surface area contributed by atoms with E-state index in [9.17, 15) is 14.4 Å². The molecule has 3 heterocycles. The van der Waals surface area contributed by atoms with Crippen molar-refractivity contribution in [3.63, 3.8) is 0 Å². The molecule has 8 heteroatoms. The lowest BCUT2D eigenvalue weighted by Gasteiger charge is -1.92. The molecule has 74 valence electrons. The highest BCUT2D eigenvalue weighted by Crippen LogP contribution is 2.19. The summed E-state index contributed by atoms with van der Waals surface area (Å²) in [5.41, 5.74) is -0.284. The van der Waals surface area contributed by atoms with Crippen LogP contribution in [0.3, 0.4) is 0 Å². The van der Waals surface area contributed by atoms with Gasteiger partial charge in [-0.3, -0.25) is 19.7 Å². The van der Waals surface area contributed by atoms with E-state index in [2.05, 4.69) is 13.7 Å². The first-order valence-corrected chi connectivity index (χ1v) is 4.66. The molecule has 0 aliphatic carbocycles. The molecule has 1 aliphatic rings. The first-order valence-electron chi connectivity index (χ1n) is 3.92. The van der Waals surface area contributed by atoms with Crippen LogP contribution in [0.25, 0.3) is 11.2 Å². The molecule has 2 N–H and O–H groups in total. The zero-order valence-electron chi connectivity index (χ0n) is 7.03. The third kappa shape index (κ3) is 0.907. The van der Waals surface area contributed by atoms with Crippen molar-refractivity contribution in [1.29, 1.82) is 0 Å². The molecule has 0 saturated heterocycles. The molecule has 0 saturated carbocycles. The first-order chi connectivity index (χ1) is 7.18. The fourth-order valence-electron chi connectivity index (χ4n) is 1.50. The molecule has 0 atom stereocenters. The molecule has 3 rings (SSSR count). The van der Waals surface area contributed by atoms with Gasteiger partial charge in [0.05, 0.1) is 17.3 Å². The standard InChI is InChI=1S/C7H2N4O3S/c12-5-1-2(7(14)9-5)6(13)8-4-3(1)10-15-11-4/h(H,8,11,13)(H,9,12,14). The van der Waals surface area contributed by atoms with E-state index < -0.39 is 17.4 Å². The fraction of sp³-hybridized carbons (Fsp3) is 0. The summed E-state index contributed by atoms with van der Waals surface area (Å²) >= 11 is 0.869. The largest absolute Gasteiger partial charge is 0.304 e. The molecule has 15 heavy (non-hydrogen) atoms. The Morgan fingerprint density at radius 3 is 2.53 bits per heavy atom. The van der Waals surface area contributed by atoms with Gasteiger partial charge >= 0.3 is 0 Å². The summed E-state index contributed by atoms with van der Waals surface area (Å²) in [5.74, 6) is -1.29. The Morgan fingerprint density at radius 2 is 1.73 bits per heavy atom. The lowest BCUT2D eigenvalue weighted by molar-refractivity contribution is 0.0880. The number of fused-ring (bicyclic) bond motifs is 3. The monoisotopic (exact) mass is 222 g/mol. The van der Waals surface area contributed by atoms with Crippen LogP contribution in [0.2, 0.25) is 0 Å². The number of amides is 2. The highest BCUT2D eigenvalue weighted by molar-refractivity contribution is 7.00. The molecule has 0 aromatic carbocycles. The van der Waals surface area contributed by atoms with E-state index in [1.54, 1.807) is 0 Å². The van der Waals surface area contributed by atoms with Crippen molar-refractivity contribution in [2.24, 2.45) is 0 Å². The molecular formula is C7H2N4O3S. The molecule has 2 aromatic heterocycles. The number of pyridine rings is 1. The second-order valence-corrected chi connectivity index (χ2v) is 3.48. The number of hydrogen-bond acceptors (Lipinski definition) is 6. The minimum atomic E-state index is -0.689. The molecule has 1 aliphatic heterocycles. The molecule has 7 nitrogen and oxygen atoms in total. The van der Waals surface area contributed by atoms with Gasteiger partial charge in [0.25, 0.3) is 17.4 Å². The average Bonchev–Trinajstić information content (AvgIpc) is 2.71. The summed E-state index contributed by atoms with van der Waals surface area (Å²) in [6.45, 7) is 0. The highest BCUT2D eigenvalue weighted by atomic mass is 32.1. The topological polar surface area (TPSA) is 105 Å². The fourth-order valence-corrected chi connectivity index (χ4v) is 2.02. The van der Waals surface area contributed by atoms with Gasteiger partial charge in [0.2, 0.25) is 0 Å². The van der Waals surface area contributed by atoms with E-state index in [0.29, 0.717) is 0 Å². The van der Waals surface area contributed by atoms with Crippen LogP contribution >= 0.6 is 11.7 Å². The van der Waals surface area contributed by atoms with Crippen LogP contribution in [0, 0.1) is 0 Å². The van der Waals surface area contributed by atoms with Gasteiger partial charge in [-0.15, -0.1) is 0 Å². The first kappa shape index (κ1) is 8.24. The van der Waals surface area contributed by atoms with Crippen molar-refractivity contribution < 1.29 is 9.59 Å². The van der Waals surface area contributed by atoms with Crippen LogP contribution in [0.4, 0.5) is 0 Å². The maximum atomic E-state index is 11.4. The van der Waals surface area contributed by atoms with Crippen LogP contribution in [0.15, 0.2) is 4.79 Å². The third-order valence-electron chi connectivity index (χ3n) is 2.12. The average molecular weight is 222 g/mol. The Labute approximate surface area is 85.5 Å². The van der Waals surface area contributed by atoms with Crippen molar-refractivity contribution >= 4 is 34.7 Å². The van der Waals surface area contributed by atoms with Gasteiger partial charge in [0.15, 0.2) is 5.65 Å². The maximum absolute atomic E-state index is 11.4. The minimum Gasteiger partial charge on any atom is -0.304 e. The lowest BCUT2D eigenvalue weighted by Crippen LogP contribution is -2.23. The number of H-pyrrole nitrogens is 1. The van der Waals surface area contributed by atoms with Crippen LogP contribution in [-0.4, -0.2) is 25.5 Å². The number of nitrogens with zero attached hydrogens (tertiary/aromatic N) is 2. The number of rotatable bonds is 0. The van der Waals surface area contributed by atoms with E-state index in [1.807, 2.05) is 5.32 Å². The molecule has 0 bridgehead atoms. The van der Waals surface area contributed by atoms with E-state index in [4.69, 9.17) is 0 Å². The third-order valence-corrected chi connectivity index (χ3v) is 2.64. The Kier molecular flexibility index (Phi) is 1.36. The number of aromatic nitrogens is 3. The zero-order valence-corrected chi connectivity index (χ0v) is 7.84. The van der Waals surface area contributed by atoms with Crippen molar-refractivity contribution in [2.45, 2.75) is 0 Å². The summed E-state index contributed by atoms with van der Waals surface area (Å²) in [6, 6.07) is 0. The van der Waals surface area contributed by atoms with Crippen LogP contribution in [-0.2, 0) is 0 Å². The zero-order chi connectivity index (χ0) is 10.6. The number of carbonyl (C=O) groups is 2. The number of hydrogen-bond donors (Lipinski definition) is 2. The molecule has 2 aromatic rings. The predicted octanol–water partition coefficient (Wildman–Crippen LogP) is -0.737. The molecule has 0 fully saturated rings. The summed E-state index contributed by atoms with van der Waals surface area (Å²) in [4.78, 5) is 36.5. The van der Waals surface area contributed by atoms with E-state index in [0.717, 1.165) is 11.7 Å². The second-order valence-electron chi connectivity index (χ2n) is 2.95. The Balaban J connectivity index is 2.61. The summed E-state index contributed by atoms with van der Waals surface area (Å²) in [7, 11) is 0. The highest BCUT2D eigenvalue weighted by Gasteiger charge is 2.33. The Morgan fingerprint density at radius 1 is 1.00 bits per heavy atom. The number of aromatic amines is 1. The number of carbonyl (C=O) groups excluding carboxylic acids is 2. The molecular weight excluding hydrogens is 220 g/mol. The summed E-state index contributed by atoms with van der Waals surface area (Å²) in [6.07, 6.45) is 0. The smallest absolute Gasteiger partial charge is 0.264 e. The molecule has 0 spiro atoms. The second kappa shape index (κ2) is 2.48. The van der Waals surface area contributed by atoms with Crippen LogP contribution in [0.1, 0.15) is 20.7 Å². The molecule has 0 radical (unpaired) electrons. The van der Waals surface area contributed by atoms with Crippen molar-refractivity contribution in [3.8, 4) is 0 Å². The van der Waals surface area contributed by atoms with Crippen LogP contribution < -0.4 is 10.9 Å². The SMILES string of the molecule is O=C1NC(=O)c2c1c(=O)[nH]c1nsnc21. The van der Waals surface area contributed by atoms with Gasteiger partial charge in [-0.2, -0.15) is 8.75 Å². The van der Waals surface area contributed by atoms with Gasteiger partial charge in [0.1, 0.15) is 11.1 Å². The summed E-state index contributed by atoms with van der Waals surface area (Å²) < 4.78 is 7.66. The normalized spacial score (nSPS) is 14.4. The van der Waals surface area contributed by atoms with Crippen molar-refractivity contribution in [1.82, 2.24) is 19.0 Å². The Bertz CT molecular complexity index is 670. The van der Waals surface area contributed by atoms with Gasteiger partial charge in [-0.05, 0) is 0 Å². The Hall–Kier alpha value is -2.09. The predicted molar refractivity (Wildman–Crippen MR) is 49.8 cm³/mol. The summed E-state index contributed by atoms with van der Waals surface area (Å²) in [5, 5.41) is 2.04. The minimum absolute atomic E-state index is 0.0208. The quantitative estimate of drug-likeness (QED) is 0.571. The number of nitrogens with one attached hydrogen (secondary N) is 2. The van der Waals surface area contributed by atoms with Crippen molar-refractivity contribution in [2.75, 3.05) is 0 Å². The van der Waals surface area contributed by atoms with E-state index in [-0.39, 0.29) is 22.3 Å². The number of imide groups is 1. The molecule has 2 amide bonds.